The van der Waals surface area contributed by atoms with Crippen molar-refractivity contribution in [3.8, 4) is 0 Å². The molecule has 0 atom stereocenters. The third-order valence-electron chi connectivity index (χ3n) is 2.11. The zero-order chi connectivity index (χ0) is 13.3. The predicted octanol–water partition coefficient (Wildman–Crippen LogP) is 0.640. The molecule has 17 heavy (non-hydrogen) atoms. The van der Waals surface area contributed by atoms with E-state index >= 15 is 0 Å². The molecular formula is C10H14O5S2. The van der Waals surface area contributed by atoms with E-state index in [0.717, 1.165) is 18.6 Å². The minimum absolute atomic E-state index is 0.0209. The number of hydrogen-bond donors (Lipinski definition) is 0. The van der Waals surface area contributed by atoms with E-state index in [-0.39, 0.29) is 16.4 Å². The van der Waals surface area contributed by atoms with Crippen LogP contribution in [0, 0.1) is 0 Å². The molecule has 1 aromatic rings. The fourth-order valence-electron chi connectivity index (χ4n) is 1.31. The number of hydrogen-bond acceptors (Lipinski definition) is 5. The van der Waals surface area contributed by atoms with Crippen molar-refractivity contribution < 1.29 is 21.6 Å². The molecule has 1 aromatic carbocycles. The van der Waals surface area contributed by atoms with E-state index in [2.05, 4.69) is 0 Å². The first-order valence-corrected chi connectivity index (χ1v) is 8.46. The second kappa shape index (κ2) is 4.75. The second-order valence-corrected chi connectivity index (χ2v) is 7.82. The number of sulfone groups is 2. The van der Waals surface area contributed by atoms with Gasteiger partial charge in [0.1, 0.15) is 0 Å². The highest BCUT2D eigenvalue weighted by molar-refractivity contribution is 7.91. The van der Waals surface area contributed by atoms with Gasteiger partial charge in [0.25, 0.3) is 0 Å². The van der Waals surface area contributed by atoms with Gasteiger partial charge in [-0.15, -0.1) is 0 Å². The molecule has 0 amide bonds. The van der Waals surface area contributed by atoms with Crippen LogP contribution in [-0.2, 0) is 31.0 Å². The van der Waals surface area contributed by atoms with Crippen molar-refractivity contribution in [3.05, 3.63) is 23.8 Å². The van der Waals surface area contributed by atoms with Crippen LogP contribution in [0.25, 0.3) is 0 Å². The fraction of sp³-hybridized carbons (Fsp3) is 0.400. The Balaban J connectivity index is 3.50. The lowest BCUT2D eigenvalue weighted by molar-refractivity contribution is 0.184. The maximum atomic E-state index is 11.4. The lowest BCUT2D eigenvalue weighted by Crippen LogP contribution is -2.04. The van der Waals surface area contributed by atoms with E-state index in [4.69, 9.17) is 4.74 Å². The van der Waals surface area contributed by atoms with Gasteiger partial charge in [-0.2, -0.15) is 0 Å². The molecule has 0 heterocycles. The molecule has 0 saturated carbocycles. The Kier molecular flexibility index (Phi) is 3.95. The maximum absolute atomic E-state index is 11.4. The minimum atomic E-state index is -3.45. The monoisotopic (exact) mass is 278 g/mol. The SMILES string of the molecule is COCc1cc(S(C)(=O)=O)cc(S(C)(=O)=O)c1. The summed E-state index contributed by atoms with van der Waals surface area (Å²) in [5.74, 6) is 0. The Labute approximate surface area is 101 Å². The summed E-state index contributed by atoms with van der Waals surface area (Å²) in [6.07, 6.45) is 2.07. The highest BCUT2D eigenvalue weighted by atomic mass is 32.2. The average Bonchev–Trinajstić information content (AvgIpc) is 2.15. The molecule has 5 nitrogen and oxygen atoms in total. The minimum Gasteiger partial charge on any atom is -0.380 e. The molecule has 0 aliphatic heterocycles. The van der Waals surface area contributed by atoms with Crippen LogP contribution in [-0.4, -0.2) is 36.5 Å². The molecule has 0 unspecified atom stereocenters. The normalized spacial score (nSPS) is 12.6. The first-order chi connectivity index (χ1) is 7.64. The molecule has 0 bridgehead atoms. The first-order valence-electron chi connectivity index (χ1n) is 4.67. The number of rotatable bonds is 4. The van der Waals surface area contributed by atoms with E-state index in [1.807, 2.05) is 0 Å². The summed E-state index contributed by atoms with van der Waals surface area (Å²) in [5, 5.41) is 0. The summed E-state index contributed by atoms with van der Waals surface area (Å²) < 4.78 is 50.6. The summed E-state index contributed by atoms with van der Waals surface area (Å²) in [4.78, 5) is -0.0417. The molecule has 1 rings (SSSR count). The van der Waals surface area contributed by atoms with Gasteiger partial charge in [-0.1, -0.05) is 0 Å². The van der Waals surface area contributed by atoms with E-state index < -0.39 is 19.7 Å². The zero-order valence-corrected chi connectivity index (χ0v) is 11.4. The Morgan fingerprint density at radius 2 is 1.35 bits per heavy atom. The van der Waals surface area contributed by atoms with Gasteiger partial charge in [0.2, 0.25) is 0 Å². The quantitative estimate of drug-likeness (QED) is 0.807. The highest BCUT2D eigenvalue weighted by Crippen LogP contribution is 2.19. The topological polar surface area (TPSA) is 77.5 Å². The van der Waals surface area contributed by atoms with Gasteiger partial charge in [0.05, 0.1) is 16.4 Å². The number of benzene rings is 1. The first kappa shape index (κ1) is 14.1. The van der Waals surface area contributed by atoms with Gasteiger partial charge in [0.15, 0.2) is 19.7 Å². The molecule has 0 radical (unpaired) electrons. The number of methoxy groups -OCH3 is 1. The van der Waals surface area contributed by atoms with E-state index in [0.29, 0.717) is 5.56 Å². The predicted molar refractivity (Wildman–Crippen MR) is 63.4 cm³/mol. The van der Waals surface area contributed by atoms with Gasteiger partial charge in [-0.3, -0.25) is 0 Å². The smallest absolute Gasteiger partial charge is 0.175 e. The third-order valence-corrected chi connectivity index (χ3v) is 4.29. The number of ether oxygens (including phenoxy) is 1. The summed E-state index contributed by atoms with van der Waals surface area (Å²) >= 11 is 0. The van der Waals surface area contributed by atoms with Crippen LogP contribution in [0.1, 0.15) is 5.56 Å². The highest BCUT2D eigenvalue weighted by Gasteiger charge is 2.15. The lowest BCUT2D eigenvalue weighted by Gasteiger charge is -2.07. The van der Waals surface area contributed by atoms with Gasteiger partial charge in [0, 0.05) is 19.6 Å². The van der Waals surface area contributed by atoms with Crippen LogP contribution in [0.2, 0.25) is 0 Å². The van der Waals surface area contributed by atoms with Crippen LogP contribution < -0.4 is 0 Å². The van der Waals surface area contributed by atoms with Crippen molar-refractivity contribution in [2.24, 2.45) is 0 Å². The molecule has 0 spiro atoms. The average molecular weight is 278 g/mol. The maximum Gasteiger partial charge on any atom is 0.175 e. The molecule has 7 heteroatoms. The van der Waals surface area contributed by atoms with E-state index in [1.54, 1.807) is 0 Å². The third kappa shape index (κ3) is 3.79. The van der Waals surface area contributed by atoms with Crippen molar-refractivity contribution >= 4 is 19.7 Å². The van der Waals surface area contributed by atoms with Gasteiger partial charge in [-0.05, 0) is 23.8 Å². The summed E-state index contributed by atoms with van der Waals surface area (Å²) in [7, 11) is -5.44. The van der Waals surface area contributed by atoms with Crippen molar-refractivity contribution in [2.75, 3.05) is 19.6 Å². The van der Waals surface area contributed by atoms with E-state index in [1.165, 1.54) is 19.2 Å². The van der Waals surface area contributed by atoms with Crippen LogP contribution in [0.15, 0.2) is 28.0 Å². The molecule has 0 aromatic heterocycles. The molecular weight excluding hydrogens is 264 g/mol. The molecule has 0 N–H and O–H groups in total. The summed E-state index contributed by atoms with van der Waals surface area (Å²) in [6, 6.07) is 3.98. The van der Waals surface area contributed by atoms with Crippen LogP contribution in [0.4, 0.5) is 0 Å². The van der Waals surface area contributed by atoms with Gasteiger partial charge < -0.3 is 4.74 Å². The Bertz CT molecular complexity index is 564. The Morgan fingerprint density at radius 3 is 1.65 bits per heavy atom. The standard InChI is InChI=1S/C10H14O5S2/c1-15-7-8-4-9(16(2,11)12)6-10(5-8)17(3,13)14/h4-6H,7H2,1-3H3. The molecule has 0 saturated heterocycles. The summed E-state index contributed by atoms with van der Waals surface area (Å²) in [6.45, 7) is 0.159. The Morgan fingerprint density at radius 1 is 0.941 bits per heavy atom. The van der Waals surface area contributed by atoms with Crippen LogP contribution in [0.3, 0.4) is 0 Å². The zero-order valence-electron chi connectivity index (χ0n) is 9.80. The van der Waals surface area contributed by atoms with Gasteiger partial charge in [-0.25, -0.2) is 16.8 Å². The summed E-state index contributed by atoms with van der Waals surface area (Å²) in [5.41, 5.74) is 0.510. The van der Waals surface area contributed by atoms with Crippen molar-refractivity contribution in [1.29, 1.82) is 0 Å². The Hall–Kier alpha value is -0.920. The molecule has 0 aliphatic carbocycles. The van der Waals surface area contributed by atoms with E-state index in [9.17, 15) is 16.8 Å². The second-order valence-electron chi connectivity index (χ2n) is 3.79. The molecule has 0 fully saturated rings. The fourth-order valence-corrected chi connectivity index (χ4v) is 2.80. The lowest BCUT2D eigenvalue weighted by atomic mass is 10.2. The molecule has 0 aliphatic rings. The van der Waals surface area contributed by atoms with Crippen molar-refractivity contribution in [3.63, 3.8) is 0 Å². The molecule has 96 valence electrons. The van der Waals surface area contributed by atoms with Gasteiger partial charge >= 0.3 is 0 Å². The van der Waals surface area contributed by atoms with Crippen LogP contribution in [0.5, 0.6) is 0 Å². The van der Waals surface area contributed by atoms with Crippen molar-refractivity contribution in [2.45, 2.75) is 16.4 Å². The van der Waals surface area contributed by atoms with Crippen LogP contribution >= 0.6 is 0 Å². The van der Waals surface area contributed by atoms with Crippen molar-refractivity contribution in [1.82, 2.24) is 0 Å². The largest absolute Gasteiger partial charge is 0.380 e.